The number of nitrogens with one attached hydrogen (secondary N) is 2. The first-order valence-corrected chi connectivity index (χ1v) is 7.67. The zero-order valence-corrected chi connectivity index (χ0v) is 13.9. The highest BCUT2D eigenvalue weighted by Crippen LogP contribution is 2.25. The van der Waals surface area contributed by atoms with Crippen molar-refractivity contribution in [1.82, 2.24) is 20.1 Å². The summed E-state index contributed by atoms with van der Waals surface area (Å²) >= 11 is 0. The van der Waals surface area contributed by atoms with E-state index in [-0.39, 0.29) is 16.9 Å². The standard InChI is InChI=1S/C16H26N4O2/c1-12-9-13(21)10-14(18-12)15(22)17-11-16(19(2)3)5-7-20(4)8-6-16/h9-10H,5-8,11H2,1-4H3,(H,17,22)(H,18,21). The molecule has 22 heavy (non-hydrogen) atoms. The van der Waals surface area contributed by atoms with E-state index >= 15 is 0 Å². The van der Waals surface area contributed by atoms with E-state index in [1.807, 2.05) is 0 Å². The average Bonchev–Trinajstić information content (AvgIpc) is 2.45. The molecule has 1 aromatic rings. The monoisotopic (exact) mass is 306 g/mol. The van der Waals surface area contributed by atoms with Crippen LogP contribution in [0.3, 0.4) is 0 Å². The van der Waals surface area contributed by atoms with Crippen LogP contribution < -0.4 is 10.7 Å². The van der Waals surface area contributed by atoms with Gasteiger partial charge in [-0.2, -0.15) is 0 Å². The number of carbonyl (C=O) groups is 1. The van der Waals surface area contributed by atoms with Crippen molar-refractivity contribution in [3.63, 3.8) is 0 Å². The molecular formula is C16H26N4O2. The van der Waals surface area contributed by atoms with Gasteiger partial charge in [0.2, 0.25) is 0 Å². The van der Waals surface area contributed by atoms with E-state index in [1.165, 1.54) is 12.1 Å². The zero-order chi connectivity index (χ0) is 16.3. The molecule has 2 heterocycles. The maximum atomic E-state index is 12.3. The van der Waals surface area contributed by atoms with Crippen LogP contribution >= 0.6 is 0 Å². The van der Waals surface area contributed by atoms with Gasteiger partial charge >= 0.3 is 0 Å². The first-order valence-electron chi connectivity index (χ1n) is 7.67. The number of piperidine rings is 1. The number of hydrogen-bond donors (Lipinski definition) is 2. The van der Waals surface area contributed by atoms with Gasteiger partial charge in [-0.05, 0) is 54.0 Å². The molecule has 0 atom stereocenters. The molecule has 2 N–H and O–H groups in total. The minimum absolute atomic E-state index is 0.0215. The van der Waals surface area contributed by atoms with Crippen molar-refractivity contribution in [3.05, 3.63) is 33.7 Å². The van der Waals surface area contributed by atoms with E-state index in [0.717, 1.165) is 25.9 Å². The summed E-state index contributed by atoms with van der Waals surface area (Å²) in [6.45, 7) is 4.41. The van der Waals surface area contributed by atoms with Crippen molar-refractivity contribution in [2.75, 3.05) is 40.8 Å². The molecular weight excluding hydrogens is 280 g/mol. The Morgan fingerprint density at radius 2 is 2.00 bits per heavy atom. The van der Waals surface area contributed by atoms with Crippen molar-refractivity contribution in [3.8, 4) is 0 Å². The summed E-state index contributed by atoms with van der Waals surface area (Å²) in [5, 5.41) is 2.99. The lowest BCUT2D eigenvalue weighted by Gasteiger charge is -2.45. The Balaban J connectivity index is 2.06. The maximum absolute atomic E-state index is 12.3. The Morgan fingerprint density at radius 1 is 1.36 bits per heavy atom. The predicted octanol–water partition coefficient (Wildman–Crippen LogP) is 0.439. The minimum Gasteiger partial charge on any atom is -0.354 e. The summed E-state index contributed by atoms with van der Waals surface area (Å²) in [4.78, 5) is 31.3. The molecule has 1 aliphatic heterocycles. The van der Waals surface area contributed by atoms with Crippen LogP contribution in [0.5, 0.6) is 0 Å². The number of rotatable bonds is 4. The number of aromatic amines is 1. The second-order valence-electron chi connectivity index (χ2n) is 6.52. The Labute approximate surface area is 131 Å². The van der Waals surface area contributed by atoms with E-state index in [4.69, 9.17) is 0 Å². The molecule has 0 unspecified atom stereocenters. The number of carbonyl (C=O) groups excluding carboxylic acids is 1. The Morgan fingerprint density at radius 3 is 2.55 bits per heavy atom. The summed E-state index contributed by atoms with van der Waals surface area (Å²) < 4.78 is 0. The number of aromatic nitrogens is 1. The molecule has 1 fully saturated rings. The number of nitrogens with zero attached hydrogens (tertiary/aromatic N) is 2. The molecule has 1 saturated heterocycles. The van der Waals surface area contributed by atoms with E-state index < -0.39 is 0 Å². The van der Waals surface area contributed by atoms with Crippen LogP contribution in [0.15, 0.2) is 16.9 Å². The molecule has 0 aliphatic carbocycles. The molecule has 6 nitrogen and oxygen atoms in total. The zero-order valence-electron chi connectivity index (χ0n) is 13.9. The van der Waals surface area contributed by atoms with Crippen molar-refractivity contribution in [2.45, 2.75) is 25.3 Å². The van der Waals surface area contributed by atoms with Gasteiger partial charge in [-0.1, -0.05) is 0 Å². The number of aryl methyl sites for hydroxylation is 1. The summed E-state index contributed by atoms with van der Waals surface area (Å²) in [7, 11) is 6.24. The number of pyridine rings is 1. The highest BCUT2D eigenvalue weighted by atomic mass is 16.2. The van der Waals surface area contributed by atoms with Gasteiger partial charge in [0, 0.05) is 29.9 Å². The lowest BCUT2D eigenvalue weighted by Crippen LogP contribution is -2.58. The number of likely N-dealkylation sites (N-methyl/N-ethyl adjacent to an activating group) is 1. The second kappa shape index (κ2) is 6.62. The fourth-order valence-electron chi connectivity index (χ4n) is 2.96. The molecule has 0 spiro atoms. The van der Waals surface area contributed by atoms with Gasteiger partial charge in [0.25, 0.3) is 5.91 Å². The SMILES string of the molecule is Cc1cc(=O)cc(C(=O)NCC2(N(C)C)CCN(C)CC2)[nH]1. The van der Waals surface area contributed by atoms with Gasteiger partial charge in [0.15, 0.2) is 5.43 Å². The summed E-state index contributed by atoms with van der Waals surface area (Å²) in [6.07, 6.45) is 2.03. The number of likely N-dealkylation sites (tertiary alicyclic amines) is 1. The molecule has 6 heteroatoms. The molecule has 0 aromatic carbocycles. The third-order valence-electron chi connectivity index (χ3n) is 4.67. The van der Waals surface area contributed by atoms with Crippen LogP contribution in [-0.2, 0) is 0 Å². The molecule has 1 aromatic heterocycles. The van der Waals surface area contributed by atoms with Crippen LogP contribution in [0, 0.1) is 6.92 Å². The van der Waals surface area contributed by atoms with Gasteiger partial charge in [-0.15, -0.1) is 0 Å². The van der Waals surface area contributed by atoms with Gasteiger partial charge in [-0.25, -0.2) is 0 Å². The molecule has 1 amide bonds. The van der Waals surface area contributed by atoms with Crippen LogP contribution in [0.4, 0.5) is 0 Å². The maximum Gasteiger partial charge on any atom is 0.267 e. The molecule has 0 radical (unpaired) electrons. The molecule has 1 aliphatic rings. The Hall–Kier alpha value is -1.66. The first-order chi connectivity index (χ1) is 10.3. The van der Waals surface area contributed by atoms with Crippen LogP contribution in [0.25, 0.3) is 0 Å². The van der Waals surface area contributed by atoms with Crippen LogP contribution in [-0.4, -0.2) is 67.0 Å². The third-order valence-corrected chi connectivity index (χ3v) is 4.67. The van der Waals surface area contributed by atoms with E-state index in [9.17, 15) is 9.59 Å². The third kappa shape index (κ3) is 3.75. The van der Waals surface area contributed by atoms with E-state index in [0.29, 0.717) is 17.9 Å². The van der Waals surface area contributed by atoms with Gasteiger partial charge < -0.3 is 20.1 Å². The molecule has 122 valence electrons. The van der Waals surface area contributed by atoms with Crippen molar-refractivity contribution in [2.24, 2.45) is 0 Å². The quantitative estimate of drug-likeness (QED) is 0.847. The van der Waals surface area contributed by atoms with Gasteiger partial charge in [0.05, 0.1) is 0 Å². The highest BCUT2D eigenvalue weighted by molar-refractivity contribution is 5.92. The second-order valence-corrected chi connectivity index (χ2v) is 6.52. The average molecular weight is 306 g/mol. The fourth-order valence-corrected chi connectivity index (χ4v) is 2.96. The molecule has 2 rings (SSSR count). The summed E-state index contributed by atoms with van der Waals surface area (Å²) in [5.41, 5.74) is 0.848. The van der Waals surface area contributed by atoms with Crippen molar-refractivity contribution in [1.29, 1.82) is 0 Å². The number of hydrogen-bond acceptors (Lipinski definition) is 4. The Kier molecular flexibility index (Phi) is 5.03. The van der Waals surface area contributed by atoms with E-state index in [1.54, 1.807) is 6.92 Å². The minimum atomic E-state index is -0.221. The van der Waals surface area contributed by atoms with Crippen molar-refractivity contribution < 1.29 is 4.79 Å². The topological polar surface area (TPSA) is 68.4 Å². The normalized spacial score (nSPS) is 18.4. The number of H-pyrrole nitrogens is 1. The summed E-state index contributed by atoms with van der Waals surface area (Å²) in [5.74, 6) is -0.221. The van der Waals surface area contributed by atoms with Crippen LogP contribution in [0.1, 0.15) is 29.0 Å². The number of amides is 1. The lowest BCUT2D eigenvalue weighted by molar-refractivity contribution is 0.0610. The van der Waals surface area contributed by atoms with Crippen LogP contribution in [0.2, 0.25) is 0 Å². The summed E-state index contributed by atoms with van der Waals surface area (Å²) in [6, 6.07) is 2.83. The van der Waals surface area contributed by atoms with Gasteiger partial charge in [-0.3, -0.25) is 9.59 Å². The fraction of sp³-hybridized carbons (Fsp3) is 0.625. The smallest absolute Gasteiger partial charge is 0.267 e. The van der Waals surface area contributed by atoms with Crippen molar-refractivity contribution >= 4 is 5.91 Å². The molecule has 0 saturated carbocycles. The largest absolute Gasteiger partial charge is 0.354 e. The first kappa shape index (κ1) is 16.7. The molecule has 0 bridgehead atoms. The predicted molar refractivity (Wildman–Crippen MR) is 87.3 cm³/mol. The Bertz CT molecular complexity index is 586. The highest BCUT2D eigenvalue weighted by Gasteiger charge is 2.36. The lowest BCUT2D eigenvalue weighted by atomic mass is 9.86. The van der Waals surface area contributed by atoms with E-state index in [2.05, 4.69) is 41.2 Å². The van der Waals surface area contributed by atoms with Gasteiger partial charge in [0.1, 0.15) is 5.69 Å².